The number of amides is 2. The minimum absolute atomic E-state index is 0.0774. The number of likely N-dealkylation sites (tertiary alicyclic amines) is 1. The highest BCUT2D eigenvalue weighted by molar-refractivity contribution is 9.10. The molecule has 1 aliphatic rings. The first-order valence-corrected chi connectivity index (χ1v) is 13.5. The molecule has 1 aromatic carbocycles. The average Bonchev–Trinajstić information content (AvgIpc) is 3.64. The summed E-state index contributed by atoms with van der Waals surface area (Å²) in [6.07, 6.45) is 8.40. The summed E-state index contributed by atoms with van der Waals surface area (Å²) in [6.45, 7) is 8.01. The van der Waals surface area contributed by atoms with Crippen LogP contribution in [-0.4, -0.2) is 54.8 Å². The van der Waals surface area contributed by atoms with E-state index in [1.807, 2.05) is 30.2 Å². The highest BCUT2D eigenvalue weighted by Gasteiger charge is 2.20. The molecular formula is C24H29BrN8O2S. The first kappa shape index (κ1) is 25.8. The molecular weight excluding hydrogens is 544 g/mol. The summed E-state index contributed by atoms with van der Waals surface area (Å²) < 4.78 is 2.40. The number of nitrogens with one attached hydrogen (secondary N) is 3. The van der Waals surface area contributed by atoms with Gasteiger partial charge in [0.25, 0.3) is 5.91 Å². The highest BCUT2D eigenvalue weighted by Crippen LogP contribution is 2.32. The first-order chi connectivity index (χ1) is 17.4. The van der Waals surface area contributed by atoms with Crippen LogP contribution >= 0.6 is 27.3 Å². The number of fused-ring (bicyclic) bond motifs is 1. The maximum atomic E-state index is 12.8. The molecule has 1 aliphatic heterocycles. The monoisotopic (exact) mass is 572 g/mol. The maximum Gasteiger partial charge on any atom is 0.267 e. The summed E-state index contributed by atoms with van der Waals surface area (Å²) in [6, 6.07) is 3.74. The topological polar surface area (TPSA) is 121 Å². The van der Waals surface area contributed by atoms with E-state index in [1.165, 1.54) is 24.0 Å². The maximum absolute atomic E-state index is 12.8. The number of H-pyrrole nitrogens is 1. The van der Waals surface area contributed by atoms with Gasteiger partial charge in [0.05, 0.1) is 23.6 Å². The molecule has 0 aliphatic carbocycles. The number of aromatic amines is 1. The van der Waals surface area contributed by atoms with E-state index in [9.17, 15) is 9.59 Å². The largest absolute Gasteiger partial charge is 0.341 e. The van der Waals surface area contributed by atoms with Gasteiger partial charge in [0.15, 0.2) is 10.9 Å². The number of halogens is 1. The third kappa shape index (κ3) is 5.93. The van der Waals surface area contributed by atoms with Gasteiger partial charge < -0.3 is 15.5 Å². The Morgan fingerprint density at radius 3 is 2.69 bits per heavy atom. The van der Waals surface area contributed by atoms with Gasteiger partial charge in [0, 0.05) is 34.7 Å². The van der Waals surface area contributed by atoms with Crippen LogP contribution in [0.25, 0.3) is 10.9 Å². The van der Waals surface area contributed by atoms with Crippen LogP contribution in [0, 0.1) is 6.92 Å². The molecule has 1 saturated heterocycles. The van der Waals surface area contributed by atoms with Gasteiger partial charge in [-0.1, -0.05) is 31.6 Å². The standard InChI is InChI=1S/C21H21BrN8O2S.C3H8/c1-12-10-30(11-17(31)29-6-2-3-7-29)28-19(12)26-21-23-9-16(33-21)20(32)25-18-13-8-24-27-15(13)5-4-14(18)22;1-3-2/h4-5,8-10H,2-3,6-7,11H2,1H3,(H,24,27)(H,25,32)(H,23,26,28);3H2,1-2H3. The van der Waals surface area contributed by atoms with Gasteiger partial charge in [-0.2, -0.15) is 10.2 Å². The lowest BCUT2D eigenvalue weighted by molar-refractivity contribution is -0.130. The smallest absolute Gasteiger partial charge is 0.267 e. The van der Waals surface area contributed by atoms with E-state index in [1.54, 1.807) is 10.9 Å². The number of aryl methyl sites for hydroxylation is 1. The van der Waals surface area contributed by atoms with Crippen LogP contribution in [-0.2, 0) is 11.3 Å². The Balaban J connectivity index is 0.000000967. The molecule has 5 rings (SSSR count). The number of rotatable bonds is 6. The summed E-state index contributed by atoms with van der Waals surface area (Å²) in [5.41, 5.74) is 2.36. The third-order valence-electron chi connectivity index (χ3n) is 5.47. The Labute approximate surface area is 221 Å². The molecule has 10 nitrogen and oxygen atoms in total. The summed E-state index contributed by atoms with van der Waals surface area (Å²) in [4.78, 5) is 31.9. The zero-order chi connectivity index (χ0) is 25.7. The molecule has 3 N–H and O–H groups in total. The second-order valence-corrected chi connectivity index (χ2v) is 10.4. The van der Waals surface area contributed by atoms with Crippen LogP contribution in [0.4, 0.5) is 16.6 Å². The van der Waals surface area contributed by atoms with Crippen LogP contribution in [0.15, 0.2) is 35.2 Å². The zero-order valence-electron chi connectivity index (χ0n) is 20.5. The molecule has 1 fully saturated rings. The van der Waals surface area contributed by atoms with E-state index in [-0.39, 0.29) is 18.4 Å². The Morgan fingerprint density at radius 1 is 1.19 bits per heavy atom. The Kier molecular flexibility index (Phi) is 8.36. The minimum atomic E-state index is -0.270. The first-order valence-electron chi connectivity index (χ1n) is 11.9. The molecule has 190 valence electrons. The lowest BCUT2D eigenvalue weighted by atomic mass is 10.2. The number of thiazole rings is 1. The van der Waals surface area contributed by atoms with Gasteiger partial charge >= 0.3 is 0 Å². The fraction of sp³-hybridized carbons (Fsp3) is 0.375. The number of aromatic nitrogens is 5. The lowest BCUT2D eigenvalue weighted by Gasteiger charge is -2.14. The average molecular weight is 574 g/mol. The van der Waals surface area contributed by atoms with Crippen molar-refractivity contribution in [3.8, 4) is 0 Å². The Bertz CT molecular complexity index is 1360. The van der Waals surface area contributed by atoms with E-state index in [0.29, 0.717) is 21.5 Å². The quantitative estimate of drug-likeness (QED) is 0.287. The summed E-state index contributed by atoms with van der Waals surface area (Å²) in [5.74, 6) is 0.415. The van der Waals surface area contributed by atoms with Crippen LogP contribution in [0.2, 0.25) is 0 Å². The zero-order valence-corrected chi connectivity index (χ0v) is 22.9. The molecule has 3 aromatic heterocycles. The highest BCUT2D eigenvalue weighted by atomic mass is 79.9. The number of nitrogens with zero attached hydrogens (tertiary/aromatic N) is 5. The molecule has 0 spiro atoms. The SMILES string of the molecule is CCC.Cc1cn(CC(=O)N2CCCC2)nc1Nc1ncc(C(=O)Nc2c(Br)ccc3[nH]ncc23)s1. The van der Waals surface area contributed by atoms with Crippen molar-refractivity contribution in [2.75, 3.05) is 23.7 Å². The number of carbonyl (C=O) groups is 2. The molecule has 4 aromatic rings. The molecule has 0 unspecified atom stereocenters. The van der Waals surface area contributed by atoms with E-state index >= 15 is 0 Å². The molecule has 0 radical (unpaired) electrons. The van der Waals surface area contributed by atoms with Crippen LogP contribution < -0.4 is 10.6 Å². The number of benzene rings is 1. The van der Waals surface area contributed by atoms with Gasteiger partial charge in [-0.15, -0.1) is 0 Å². The van der Waals surface area contributed by atoms with Crippen molar-refractivity contribution in [2.24, 2.45) is 0 Å². The predicted molar refractivity (Wildman–Crippen MR) is 146 cm³/mol. The van der Waals surface area contributed by atoms with Crippen molar-refractivity contribution in [1.82, 2.24) is 29.9 Å². The molecule has 4 heterocycles. The number of hydrogen-bond acceptors (Lipinski definition) is 7. The van der Waals surface area contributed by atoms with Crippen molar-refractivity contribution < 1.29 is 9.59 Å². The van der Waals surface area contributed by atoms with Crippen molar-refractivity contribution in [1.29, 1.82) is 0 Å². The fourth-order valence-corrected chi connectivity index (χ4v) is 4.92. The van der Waals surface area contributed by atoms with Gasteiger partial charge in [0.1, 0.15) is 11.4 Å². The second-order valence-electron chi connectivity index (χ2n) is 8.52. The second kappa shape index (κ2) is 11.7. The van der Waals surface area contributed by atoms with Crippen LogP contribution in [0.5, 0.6) is 0 Å². The van der Waals surface area contributed by atoms with Crippen molar-refractivity contribution in [2.45, 2.75) is 46.6 Å². The Hall–Kier alpha value is -3.25. The van der Waals surface area contributed by atoms with Gasteiger partial charge in [-0.3, -0.25) is 19.4 Å². The van der Waals surface area contributed by atoms with Crippen molar-refractivity contribution in [3.63, 3.8) is 0 Å². The summed E-state index contributed by atoms with van der Waals surface area (Å²) in [7, 11) is 0. The minimum Gasteiger partial charge on any atom is -0.341 e. The molecule has 0 saturated carbocycles. The molecule has 0 atom stereocenters. The number of carbonyl (C=O) groups excluding carboxylic acids is 2. The normalized spacial score (nSPS) is 12.9. The number of hydrogen-bond donors (Lipinski definition) is 3. The van der Waals surface area contributed by atoms with E-state index in [2.05, 4.69) is 60.7 Å². The van der Waals surface area contributed by atoms with Gasteiger partial charge in [0.2, 0.25) is 5.91 Å². The van der Waals surface area contributed by atoms with E-state index in [4.69, 9.17) is 0 Å². The summed E-state index contributed by atoms with van der Waals surface area (Å²) >= 11 is 4.71. The van der Waals surface area contributed by atoms with Crippen LogP contribution in [0.3, 0.4) is 0 Å². The predicted octanol–water partition coefficient (Wildman–Crippen LogP) is 5.32. The van der Waals surface area contributed by atoms with Gasteiger partial charge in [-0.25, -0.2) is 4.98 Å². The van der Waals surface area contributed by atoms with Crippen molar-refractivity contribution in [3.05, 3.63) is 45.6 Å². The third-order valence-corrected chi connectivity index (χ3v) is 7.04. The van der Waals surface area contributed by atoms with E-state index < -0.39 is 0 Å². The Morgan fingerprint density at radius 2 is 1.94 bits per heavy atom. The van der Waals surface area contributed by atoms with Gasteiger partial charge in [-0.05, 0) is 47.8 Å². The lowest BCUT2D eigenvalue weighted by Crippen LogP contribution is -2.31. The molecule has 36 heavy (non-hydrogen) atoms. The fourth-order valence-electron chi connectivity index (χ4n) is 3.76. The molecule has 2 amide bonds. The van der Waals surface area contributed by atoms with Crippen molar-refractivity contribution >= 4 is 66.6 Å². The molecule has 0 bridgehead atoms. The van der Waals surface area contributed by atoms with Crippen LogP contribution in [0.1, 0.15) is 48.3 Å². The van der Waals surface area contributed by atoms with E-state index in [0.717, 1.165) is 46.9 Å². The molecule has 12 heteroatoms. The summed E-state index contributed by atoms with van der Waals surface area (Å²) in [5, 5.41) is 18.9. The number of anilines is 3.